The number of imide groups is 1. The predicted octanol–water partition coefficient (Wildman–Crippen LogP) is 5.09. The van der Waals surface area contributed by atoms with Gasteiger partial charge in [0.2, 0.25) is 0 Å². The maximum absolute atomic E-state index is 13.5. The van der Waals surface area contributed by atoms with Gasteiger partial charge in [0.05, 0.1) is 29.6 Å². The highest BCUT2D eigenvalue weighted by atomic mass is 127. The molecule has 2 heterocycles. The Morgan fingerprint density at radius 1 is 1.20 bits per heavy atom. The SMILES string of the molecule is CC(C)C[C@@H](c1ncc(-c2ccc(I)cc2Cl)[nH]1)N1C(=O)NC(c2ccc(OCCO)cc2)C1=O. The number of ether oxygens (including phenoxy) is 1. The molecule has 184 valence electrons. The average molecular weight is 609 g/mol. The number of H-pyrrole nitrogens is 1. The minimum Gasteiger partial charge on any atom is -0.491 e. The molecule has 1 unspecified atom stereocenters. The average Bonchev–Trinajstić information content (AvgIpc) is 3.41. The number of aromatic nitrogens is 2. The number of urea groups is 1. The van der Waals surface area contributed by atoms with Crippen LogP contribution in [0, 0.1) is 9.49 Å². The smallest absolute Gasteiger partial charge is 0.325 e. The summed E-state index contributed by atoms with van der Waals surface area (Å²) in [6, 6.07) is 10.8. The van der Waals surface area contributed by atoms with Crippen LogP contribution in [0.1, 0.15) is 43.7 Å². The number of amides is 3. The lowest BCUT2D eigenvalue weighted by molar-refractivity contribution is -0.129. The number of carbonyl (C=O) groups is 2. The van der Waals surface area contributed by atoms with Gasteiger partial charge in [0.1, 0.15) is 24.2 Å². The summed E-state index contributed by atoms with van der Waals surface area (Å²) in [4.78, 5) is 35.6. The van der Waals surface area contributed by atoms with E-state index in [1.54, 1.807) is 30.5 Å². The van der Waals surface area contributed by atoms with E-state index in [0.29, 0.717) is 28.6 Å². The molecular weight excluding hydrogens is 583 g/mol. The van der Waals surface area contributed by atoms with E-state index >= 15 is 0 Å². The second-order valence-corrected chi connectivity index (χ2v) is 10.3. The summed E-state index contributed by atoms with van der Waals surface area (Å²) >= 11 is 8.63. The largest absolute Gasteiger partial charge is 0.491 e. The van der Waals surface area contributed by atoms with Crippen LogP contribution in [0.3, 0.4) is 0 Å². The Bertz CT molecular complexity index is 1210. The number of nitrogens with one attached hydrogen (secondary N) is 2. The third-order valence-corrected chi connectivity index (χ3v) is 6.67. The second-order valence-electron chi connectivity index (χ2n) is 8.68. The van der Waals surface area contributed by atoms with Crippen LogP contribution < -0.4 is 10.1 Å². The summed E-state index contributed by atoms with van der Waals surface area (Å²) in [6.45, 7) is 4.17. The minimum atomic E-state index is -0.802. The normalized spacial score (nSPS) is 16.6. The first-order chi connectivity index (χ1) is 16.8. The number of rotatable bonds is 9. The lowest BCUT2D eigenvalue weighted by atomic mass is 10.0. The fourth-order valence-electron chi connectivity index (χ4n) is 4.07. The van der Waals surface area contributed by atoms with Gasteiger partial charge in [0, 0.05) is 9.13 Å². The molecule has 1 aromatic heterocycles. The highest BCUT2D eigenvalue weighted by molar-refractivity contribution is 14.1. The topological polar surface area (TPSA) is 108 Å². The summed E-state index contributed by atoms with van der Waals surface area (Å²) in [5, 5.41) is 12.3. The standard InChI is InChI=1S/C25H26ClIN4O4/c1-14(2)11-21(23-28-13-20(29-23)18-8-5-16(27)12-19(18)26)31-24(33)22(30-25(31)34)15-3-6-17(7-4-15)35-10-9-32/h3-8,12-14,21-22,32H,9-11H2,1-2H3,(H,28,29)(H,30,34)/t21-,22?/m0/s1. The Morgan fingerprint density at radius 3 is 2.60 bits per heavy atom. The third-order valence-electron chi connectivity index (χ3n) is 5.68. The van der Waals surface area contributed by atoms with Gasteiger partial charge in [-0.25, -0.2) is 9.78 Å². The Hall–Kier alpha value is -2.63. The maximum Gasteiger partial charge on any atom is 0.325 e. The summed E-state index contributed by atoms with van der Waals surface area (Å²) in [5.74, 6) is 0.972. The summed E-state index contributed by atoms with van der Waals surface area (Å²) in [5.41, 5.74) is 2.17. The molecule has 35 heavy (non-hydrogen) atoms. The molecule has 10 heteroatoms. The van der Waals surface area contributed by atoms with Crippen LogP contribution in [0.2, 0.25) is 5.02 Å². The van der Waals surface area contributed by atoms with Crippen molar-refractivity contribution in [3.63, 3.8) is 0 Å². The first-order valence-electron chi connectivity index (χ1n) is 11.3. The van der Waals surface area contributed by atoms with Gasteiger partial charge in [-0.1, -0.05) is 43.6 Å². The van der Waals surface area contributed by atoms with Crippen LogP contribution >= 0.6 is 34.2 Å². The molecule has 0 aliphatic carbocycles. The van der Waals surface area contributed by atoms with Crippen molar-refractivity contribution in [2.24, 2.45) is 5.92 Å². The minimum absolute atomic E-state index is 0.0879. The van der Waals surface area contributed by atoms with E-state index in [9.17, 15) is 9.59 Å². The summed E-state index contributed by atoms with van der Waals surface area (Å²) in [7, 11) is 0. The summed E-state index contributed by atoms with van der Waals surface area (Å²) < 4.78 is 6.40. The number of benzene rings is 2. The number of aromatic amines is 1. The number of hydrogen-bond donors (Lipinski definition) is 3. The molecule has 1 aliphatic heterocycles. The zero-order valence-corrected chi connectivity index (χ0v) is 22.2. The second kappa shape index (κ2) is 11.0. The van der Waals surface area contributed by atoms with Crippen LogP contribution in [-0.2, 0) is 4.79 Å². The van der Waals surface area contributed by atoms with E-state index in [-0.39, 0.29) is 25.0 Å². The number of aliphatic hydroxyl groups is 1. The molecule has 4 rings (SSSR count). The van der Waals surface area contributed by atoms with E-state index in [0.717, 1.165) is 14.8 Å². The monoisotopic (exact) mass is 608 g/mol. The predicted molar refractivity (Wildman–Crippen MR) is 141 cm³/mol. The van der Waals surface area contributed by atoms with Crippen molar-refractivity contribution >= 4 is 46.1 Å². The van der Waals surface area contributed by atoms with Gasteiger partial charge in [0.25, 0.3) is 5.91 Å². The Morgan fingerprint density at radius 2 is 1.94 bits per heavy atom. The van der Waals surface area contributed by atoms with Gasteiger partial charge in [-0.05, 0) is 64.8 Å². The van der Waals surface area contributed by atoms with Crippen molar-refractivity contribution in [2.75, 3.05) is 13.2 Å². The zero-order chi connectivity index (χ0) is 25.1. The molecular formula is C25H26ClIN4O4. The van der Waals surface area contributed by atoms with Crippen LogP contribution in [-0.4, -0.2) is 45.1 Å². The lowest BCUT2D eigenvalue weighted by Crippen LogP contribution is -2.36. The molecule has 0 radical (unpaired) electrons. The Kier molecular flexibility index (Phi) is 7.98. The van der Waals surface area contributed by atoms with Gasteiger partial charge in [-0.2, -0.15) is 0 Å². The van der Waals surface area contributed by atoms with E-state index in [2.05, 4.69) is 37.9 Å². The van der Waals surface area contributed by atoms with Crippen molar-refractivity contribution in [3.8, 4) is 17.0 Å². The molecule has 3 N–H and O–H groups in total. The van der Waals surface area contributed by atoms with Gasteiger partial charge >= 0.3 is 6.03 Å². The van der Waals surface area contributed by atoms with Gasteiger partial charge in [0.15, 0.2) is 0 Å². The molecule has 0 saturated carbocycles. The number of aliphatic hydroxyl groups excluding tert-OH is 1. The first kappa shape index (κ1) is 25.5. The fraction of sp³-hybridized carbons (Fsp3) is 0.320. The van der Waals surface area contributed by atoms with Crippen LogP contribution in [0.5, 0.6) is 5.75 Å². The van der Waals surface area contributed by atoms with E-state index in [1.165, 1.54) is 4.90 Å². The molecule has 1 saturated heterocycles. The van der Waals surface area contributed by atoms with Crippen molar-refractivity contribution < 1.29 is 19.4 Å². The van der Waals surface area contributed by atoms with E-state index in [4.69, 9.17) is 21.4 Å². The van der Waals surface area contributed by atoms with Crippen LogP contribution in [0.25, 0.3) is 11.3 Å². The van der Waals surface area contributed by atoms with Gasteiger partial charge < -0.3 is 20.1 Å². The number of hydrogen-bond acceptors (Lipinski definition) is 5. The van der Waals surface area contributed by atoms with Crippen molar-refractivity contribution in [1.29, 1.82) is 0 Å². The highest BCUT2D eigenvalue weighted by Gasteiger charge is 2.44. The highest BCUT2D eigenvalue weighted by Crippen LogP contribution is 2.35. The quantitative estimate of drug-likeness (QED) is 0.232. The fourth-order valence-corrected chi connectivity index (χ4v) is 5.03. The molecule has 2 atom stereocenters. The molecule has 3 amide bonds. The van der Waals surface area contributed by atoms with E-state index < -0.39 is 18.1 Å². The molecule has 8 nitrogen and oxygen atoms in total. The van der Waals surface area contributed by atoms with Gasteiger partial charge in [-0.3, -0.25) is 9.69 Å². The van der Waals surface area contributed by atoms with Crippen LogP contribution in [0.15, 0.2) is 48.7 Å². The maximum atomic E-state index is 13.5. The number of nitrogens with zero attached hydrogens (tertiary/aromatic N) is 2. The first-order valence-corrected chi connectivity index (χ1v) is 12.7. The van der Waals surface area contributed by atoms with Crippen molar-refractivity contribution in [3.05, 3.63) is 68.6 Å². The van der Waals surface area contributed by atoms with Crippen molar-refractivity contribution in [2.45, 2.75) is 32.4 Å². The lowest BCUT2D eigenvalue weighted by Gasteiger charge is -2.25. The van der Waals surface area contributed by atoms with Gasteiger partial charge in [-0.15, -0.1) is 0 Å². The zero-order valence-electron chi connectivity index (χ0n) is 19.3. The molecule has 0 spiro atoms. The van der Waals surface area contributed by atoms with Crippen molar-refractivity contribution in [1.82, 2.24) is 20.2 Å². The molecule has 2 aromatic carbocycles. The molecule has 1 aliphatic rings. The van der Waals surface area contributed by atoms with Crippen LogP contribution in [0.4, 0.5) is 4.79 Å². The third kappa shape index (κ3) is 5.62. The number of carbonyl (C=O) groups excluding carboxylic acids is 2. The Labute approximate surface area is 222 Å². The molecule has 1 fully saturated rings. The molecule has 0 bridgehead atoms. The van der Waals surface area contributed by atoms with E-state index in [1.807, 2.05) is 32.0 Å². The number of halogens is 2. The summed E-state index contributed by atoms with van der Waals surface area (Å²) in [6.07, 6.45) is 2.23. The number of imidazole rings is 1. The molecule has 3 aromatic rings. The Balaban J connectivity index is 1.60.